The third kappa shape index (κ3) is 5.02. The molecule has 0 aliphatic carbocycles. The maximum absolute atomic E-state index is 13.0. The number of hydrogen-bond acceptors (Lipinski definition) is 5. The van der Waals surface area contributed by atoms with Crippen LogP contribution in [0.25, 0.3) is 11.4 Å². The molecule has 1 amide bonds. The van der Waals surface area contributed by atoms with Crippen molar-refractivity contribution in [3.63, 3.8) is 0 Å². The molecule has 1 aliphatic heterocycles. The van der Waals surface area contributed by atoms with Gasteiger partial charge in [-0.25, -0.2) is 0 Å². The van der Waals surface area contributed by atoms with E-state index in [1.165, 1.54) is 24.9 Å². The summed E-state index contributed by atoms with van der Waals surface area (Å²) in [4.78, 5) is 17.1. The number of benzene rings is 2. The summed E-state index contributed by atoms with van der Waals surface area (Å²) >= 11 is 5.38. The Hall–Kier alpha value is -3.13. The minimum Gasteiger partial charge on any atom is -0.497 e. The lowest BCUT2D eigenvalue weighted by atomic mass is 10.1. The van der Waals surface area contributed by atoms with Crippen LogP contribution in [-0.4, -0.2) is 52.8 Å². The number of aromatic nitrogens is 3. The van der Waals surface area contributed by atoms with E-state index in [4.69, 9.17) is 17.0 Å². The van der Waals surface area contributed by atoms with Crippen LogP contribution in [0.1, 0.15) is 24.8 Å². The zero-order valence-corrected chi connectivity index (χ0v) is 19.4. The lowest BCUT2D eigenvalue weighted by molar-refractivity contribution is -0.131. The summed E-state index contributed by atoms with van der Waals surface area (Å²) in [5, 5.41) is 7.13. The summed E-state index contributed by atoms with van der Waals surface area (Å²) in [6, 6.07) is 16.1. The number of anilines is 1. The van der Waals surface area contributed by atoms with Crippen LogP contribution >= 0.6 is 12.2 Å². The first-order chi connectivity index (χ1) is 15.5. The summed E-state index contributed by atoms with van der Waals surface area (Å²) in [5.41, 5.74) is 3.23. The van der Waals surface area contributed by atoms with Gasteiger partial charge in [0.1, 0.15) is 12.3 Å². The fourth-order valence-electron chi connectivity index (χ4n) is 4.01. The molecule has 1 aliphatic rings. The number of amides is 1. The average Bonchev–Trinajstić information content (AvgIpc) is 3.20. The number of carbonyl (C=O) groups is 1. The molecule has 1 saturated heterocycles. The number of carbonyl (C=O) groups excluding carboxylic acids is 1. The molecule has 3 aromatic rings. The van der Waals surface area contributed by atoms with Crippen molar-refractivity contribution in [2.24, 2.45) is 0 Å². The molecule has 8 heteroatoms. The van der Waals surface area contributed by atoms with Crippen molar-refractivity contribution in [2.75, 3.05) is 32.1 Å². The standard InChI is InChI=1S/C24H29N5O2S/c1-27(16-18-6-10-20(11-7-18)28-14-4-3-5-15-28)22(30)17-29-23(25-26-24(29)32)19-8-12-21(31-2)13-9-19/h6-13H,3-5,14-17H2,1-2H3,(H,26,32). The number of ether oxygens (including phenoxy) is 1. The van der Waals surface area contributed by atoms with Crippen LogP contribution in [0.5, 0.6) is 5.75 Å². The Morgan fingerprint density at radius 2 is 1.78 bits per heavy atom. The molecule has 4 rings (SSSR count). The van der Waals surface area contributed by atoms with Crippen molar-refractivity contribution < 1.29 is 9.53 Å². The van der Waals surface area contributed by atoms with Gasteiger partial charge in [0.15, 0.2) is 10.6 Å². The Morgan fingerprint density at radius 3 is 2.44 bits per heavy atom. The van der Waals surface area contributed by atoms with Gasteiger partial charge in [0, 0.05) is 37.9 Å². The maximum atomic E-state index is 13.0. The zero-order valence-electron chi connectivity index (χ0n) is 18.6. The summed E-state index contributed by atoms with van der Waals surface area (Å²) in [6.45, 7) is 2.92. The van der Waals surface area contributed by atoms with Crippen molar-refractivity contribution >= 4 is 23.8 Å². The fourth-order valence-corrected chi connectivity index (χ4v) is 4.20. The molecule has 0 bridgehead atoms. The van der Waals surface area contributed by atoms with Gasteiger partial charge in [-0.2, -0.15) is 5.10 Å². The van der Waals surface area contributed by atoms with Crippen LogP contribution in [0.15, 0.2) is 48.5 Å². The number of likely N-dealkylation sites (N-methyl/N-ethyl adjacent to an activating group) is 1. The molecule has 0 saturated carbocycles. The highest BCUT2D eigenvalue weighted by molar-refractivity contribution is 7.71. The number of piperidine rings is 1. The Labute approximate surface area is 193 Å². The quantitative estimate of drug-likeness (QED) is 0.544. The van der Waals surface area contributed by atoms with E-state index in [1.54, 1.807) is 16.6 Å². The van der Waals surface area contributed by atoms with Gasteiger partial charge in [-0.15, -0.1) is 0 Å². The first-order valence-electron chi connectivity index (χ1n) is 10.9. The second-order valence-electron chi connectivity index (χ2n) is 8.13. The highest BCUT2D eigenvalue weighted by atomic mass is 32.1. The van der Waals surface area contributed by atoms with Crippen LogP contribution in [0.4, 0.5) is 5.69 Å². The van der Waals surface area contributed by atoms with E-state index in [2.05, 4.69) is 39.4 Å². The molecule has 168 valence electrons. The number of aromatic amines is 1. The fraction of sp³-hybridized carbons (Fsp3) is 0.375. The summed E-state index contributed by atoms with van der Waals surface area (Å²) in [6.07, 6.45) is 3.84. The molecule has 32 heavy (non-hydrogen) atoms. The van der Waals surface area contributed by atoms with E-state index in [9.17, 15) is 4.79 Å². The second kappa shape index (κ2) is 9.99. The van der Waals surface area contributed by atoms with E-state index in [0.29, 0.717) is 17.1 Å². The van der Waals surface area contributed by atoms with Crippen LogP contribution < -0.4 is 9.64 Å². The average molecular weight is 452 g/mol. The maximum Gasteiger partial charge on any atom is 0.242 e. The van der Waals surface area contributed by atoms with Crippen molar-refractivity contribution in [3.8, 4) is 17.1 Å². The largest absolute Gasteiger partial charge is 0.497 e. The zero-order chi connectivity index (χ0) is 22.5. The smallest absolute Gasteiger partial charge is 0.242 e. The molecule has 0 radical (unpaired) electrons. The molecule has 0 spiro atoms. The molecular weight excluding hydrogens is 422 g/mol. The first kappa shape index (κ1) is 22.1. The molecular formula is C24H29N5O2S. The van der Waals surface area contributed by atoms with Gasteiger partial charge in [0.25, 0.3) is 0 Å². The van der Waals surface area contributed by atoms with Gasteiger partial charge in [-0.05, 0) is 73.4 Å². The second-order valence-corrected chi connectivity index (χ2v) is 8.52. The van der Waals surface area contributed by atoms with E-state index in [-0.39, 0.29) is 12.5 Å². The molecule has 0 atom stereocenters. The minimum atomic E-state index is -0.0302. The highest BCUT2D eigenvalue weighted by Crippen LogP contribution is 2.22. The topological polar surface area (TPSA) is 66.4 Å². The summed E-state index contributed by atoms with van der Waals surface area (Å²) in [7, 11) is 3.44. The van der Waals surface area contributed by atoms with Gasteiger partial charge in [-0.1, -0.05) is 12.1 Å². The van der Waals surface area contributed by atoms with Gasteiger partial charge in [0.2, 0.25) is 5.91 Å². The van der Waals surface area contributed by atoms with Crippen molar-refractivity contribution in [2.45, 2.75) is 32.4 Å². The molecule has 0 unspecified atom stereocenters. The van der Waals surface area contributed by atoms with E-state index in [0.717, 1.165) is 30.0 Å². The Morgan fingerprint density at radius 1 is 1.09 bits per heavy atom. The molecule has 1 aromatic heterocycles. The van der Waals surface area contributed by atoms with Gasteiger partial charge in [0.05, 0.1) is 7.11 Å². The van der Waals surface area contributed by atoms with Gasteiger partial charge < -0.3 is 14.5 Å². The third-order valence-corrected chi connectivity index (χ3v) is 6.21. The number of rotatable bonds is 7. The van der Waals surface area contributed by atoms with Crippen molar-refractivity contribution in [1.82, 2.24) is 19.7 Å². The van der Waals surface area contributed by atoms with Crippen molar-refractivity contribution in [3.05, 3.63) is 58.9 Å². The molecule has 7 nitrogen and oxygen atoms in total. The van der Waals surface area contributed by atoms with Gasteiger partial charge in [-0.3, -0.25) is 14.5 Å². The molecule has 2 aromatic carbocycles. The Kier molecular flexibility index (Phi) is 6.90. The number of hydrogen-bond donors (Lipinski definition) is 1. The van der Waals surface area contributed by atoms with E-state index >= 15 is 0 Å². The lowest BCUT2D eigenvalue weighted by Crippen LogP contribution is -2.30. The monoisotopic (exact) mass is 451 g/mol. The Bertz CT molecular complexity index is 1100. The van der Waals surface area contributed by atoms with Crippen molar-refractivity contribution in [1.29, 1.82) is 0 Å². The SMILES string of the molecule is COc1ccc(-c2n[nH]c(=S)n2CC(=O)N(C)Cc2ccc(N3CCCCC3)cc2)cc1. The first-order valence-corrected chi connectivity index (χ1v) is 11.3. The highest BCUT2D eigenvalue weighted by Gasteiger charge is 2.16. The van der Waals surface area contributed by atoms with Crippen LogP contribution in [-0.2, 0) is 17.9 Å². The Balaban J connectivity index is 1.41. The number of nitrogens with one attached hydrogen (secondary N) is 1. The van der Waals surface area contributed by atoms with Crippen LogP contribution in [0, 0.1) is 4.77 Å². The molecule has 2 heterocycles. The van der Waals surface area contributed by atoms with E-state index < -0.39 is 0 Å². The predicted octanol–water partition coefficient (Wildman–Crippen LogP) is 4.27. The third-order valence-electron chi connectivity index (χ3n) is 5.90. The normalized spacial score (nSPS) is 13.8. The minimum absolute atomic E-state index is 0.0302. The summed E-state index contributed by atoms with van der Waals surface area (Å²) < 4.78 is 7.37. The molecule has 1 N–H and O–H groups in total. The molecule has 1 fully saturated rings. The number of methoxy groups -OCH3 is 1. The number of H-pyrrole nitrogens is 1. The summed E-state index contributed by atoms with van der Waals surface area (Å²) in [5.74, 6) is 1.36. The number of nitrogens with zero attached hydrogens (tertiary/aromatic N) is 4. The van der Waals surface area contributed by atoms with Crippen LogP contribution in [0.3, 0.4) is 0 Å². The van der Waals surface area contributed by atoms with E-state index in [1.807, 2.05) is 31.3 Å². The predicted molar refractivity (Wildman–Crippen MR) is 128 cm³/mol. The van der Waals surface area contributed by atoms with Crippen LogP contribution in [0.2, 0.25) is 0 Å². The van der Waals surface area contributed by atoms with Gasteiger partial charge >= 0.3 is 0 Å². The lowest BCUT2D eigenvalue weighted by Gasteiger charge is -2.29.